The van der Waals surface area contributed by atoms with E-state index in [-0.39, 0.29) is 59.8 Å². The summed E-state index contributed by atoms with van der Waals surface area (Å²) in [6, 6.07) is 14.7. The number of alkyl carbamates (subject to hydrolysis) is 1. The highest BCUT2D eigenvalue weighted by Crippen LogP contribution is 2.31. The molecular weight excluding hydrogens is 797 g/mol. The highest BCUT2D eigenvalue weighted by molar-refractivity contribution is 5.98. The highest BCUT2D eigenvalue weighted by atomic mass is 16.6. The minimum Gasteiger partial charge on any atom is -0.465 e. The Bertz CT molecular complexity index is 2210. The Kier molecular flexibility index (Phi) is 13.4. The van der Waals surface area contributed by atoms with Crippen LogP contribution in [0.5, 0.6) is 0 Å². The van der Waals surface area contributed by atoms with Crippen molar-refractivity contribution in [1.82, 2.24) is 46.5 Å². The van der Waals surface area contributed by atoms with Crippen molar-refractivity contribution in [3.05, 3.63) is 77.6 Å². The van der Waals surface area contributed by atoms with Crippen LogP contribution in [-0.2, 0) is 25.5 Å². The highest BCUT2D eigenvalue weighted by Gasteiger charge is 2.42. The van der Waals surface area contributed by atoms with Crippen molar-refractivity contribution in [3.8, 4) is 22.5 Å². The normalized spacial score (nSPS) is 21.5. The van der Waals surface area contributed by atoms with Crippen LogP contribution in [0.1, 0.15) is 80.9 Å². The molecule has 2 aliphatic heterocycles. The zero-order valence-electron chi connectivity index (χ0n) is 35.3. The van der Waals surface area contributed by atoms with Gasteiger partial charge in [0.05, 0.1) is 25.3 Å². The number of hydrogen-bond donors (Lipinski definition) is 6. The van der Waals surface area contributed by atoms with Crippen LogP contribution in [0.3, 0.4) is 0 Å². The van der Waals surface area contributed by atoms with Gasteiger partial charge in [-0.3, -0.25) is 24.3 Å². The maximum absolute atomic E-state index is 13.9. The van der Waals surface area contributed by atoms with Crippen LogP contribution in [-0.4, -0.2) is 115 Å². The SMILES string of the molecule is Cc1cc(C(=O)NC2CC3COCC(C2)N3C(=O)O)ncc1-c1ccc(C[C@H](NC(=O)C2CCC(CNC(=O)OC(C)(C)C)CC2)C(=O)Nc2ccc(-c3nn[nH]n3)cc2)cc1. The van der Waals surface area contributed by atoms with Crippen molar-refractivity contribution in [2.45, 2.75) is 102 Å². The fourth-order valence-electron chi connectivity index (χ4n) is 8.53. The minimum atomic E-state index is -0.968. The number of pyridine rings is 1. The molecule has 3 fully saturated rings. The van der Waals surface area contributed by atoms with Gasteiger partial charge in [0, 0.05) is 47.9 Å². The first kappa shape index (κ1) is 43.7. The third kappa shape index (κ3) is 11.1. The summed E-state index contributed by atoms with van der Waals surface area (Å²) in [5.41, 5.74) is 4.30. The molecule has 0 radical (unpaired) electrons. The fraction of sp³-hybridized carbons (Fsp3) is 0.477. The van der Waals surface area contributed by atoms with E-state index in [2.05, 4.69) is 46.9 Å². The smallest absolute Gasteiger partial charge is 0.407 e. The topological polar surface area (TPSA) is 243 Å². The summed E-state index contributed by atoms with van der Waals surface area (Å²) in [6.45, 7) is 8.44. The molecule has 2 saturated heterocycles. The molecule has 328 valence electrons. The molecule has 7 rings (SSSR count). The van der Waals surface area contributed by atoms with E-state index in [0.717, 1.165) is 40.7 Å². The molecule has 3 aliphatic rings. The molecule has 62 heavy (non-hydrogen) atoms. The summed E-state index contributed by atoms with van der Waals surface area (Å²) in [7, 11) is 0. The lowest BCUT2D eigenvalue weighted by Crippen LogP contribution is -2.62. The number of H-pyrrole nitrogens is 1. The number of hydrogen-bond acceptors (Lipinski definition) is 11. The van der Waals surface area contributed by atoms with Crippen molar-refractivity contribution in [2.24, 2.45) is 11.8 Å². The minimum absolute atomic E-state index is 0.193. The van der Waals surface area contributed by atoms with Crippen molar-refractivity contribution < 1.29 is 38.6 Å². The number of rotatable bonds is 12. The number of aromatic amines is 1. The summed E-state index contributed by atoms with van der Waals surface area (Å²) in [5.74, 6) is -0.522. The largest absolute Gasteiger partial charge is 0.465 e. The summed E-state index contributed by atoms with van der Waals surface area (Å²) in [5, 5.41) is 35.6. The number of anilines is 1. The first-order valence-electron chi connectivity index (χ1n) is 21.1. The lowest BCUT2D eigenvalue weighted by atomic mass is 9.81. The van der Waals surface area contributed by atoms with Crippen LogP contribution in [0.15, 0.2) is 60.8 Å². The molecule has 4 heterocycles. The van der Waals surface area contributed by atoms with E-state index in [1.807, 2.05) is 52.0 Å². The van der Waals surface area contributed by atoms with Gasteiger partial charge >= 0.3 is 12.2 Å². The van der Waals surface area contributed by atoms with Gasteiger partial charge < -0.3 is 35.8 Å². The maximum atomic E-state index is 13.9. The second kappa shape index (κ2) is 19.1. The average Bonchev–Trinajstić information content (AvgIpc) is 3.78. The Morgan fingerprint density at radius 3 is 2.24 bits per heavy atom. The van der Waals surface area contributed by atoms with Gasteiger partial charge in [-0.1, -0.05) is 24.3 Å². The predicted octanol–water partition coefficient (Wildman–Crippen LogP) is 4.87. The van der Waals surface area contributed by atoms with E-state index in [9.17, 15) is 29.1 Å². The van der Waals surface area contributed by atoms with Gasteiger partial charge in [0.15, 0.2) is 0 Å². The van der Waals surface area contributed by atoms with Crippen molar-refractivity contribution in [3.63, 3.8) is 0 Å². The van der Waals surface area contributed by atoms with E-state index in [4.69, 9.17) is 9.47 Å². The van der Waals surface area contributed by atoms with Gasteiger partial charge in [0.25, 0.3) is 5.91 Å². The lowest BCUT2D eigenvalue weighted by molar-refractivity contribution is -0.130. The summed E-state index contributed by atoms with van der Waals surface area (Å²) < 4.78 is 10.9. The Labute approximate surface area is 359 Å². The zero-order chi connectivity index (χ0) is 44.0. The second-order valence-corrected chi connectivity index (χ2v) is 17.4. The fourth-order valence-corrected chi connectivity index (χ4v) is 8.53. The number of carboxylic acid groups (broad SMARTS) is 1. The van der Waals surface area contributed by atoms with Gasteiger partial charge in [0.2, 0.25) is 17.6 Å². The number of carbonyl (C=O) groups excluding carboxylic acids is 4. The standard InChI is InChI=1S/C44H54N10O8/c1-25-17-36(40(56)48-32-19-33-23-61-24-34(20-32)54(33)43(59)60)45-22-35(25)28-9-5-26(6-10-28)18-37(41(57)47-31-15-13-29(14-16-31)38-50-52-53-51-38)49-39(55)30-11-7-27(8-12-30)21-46-42(58)62-44(2,3)4/h5-6,9-10,13-17,22,27,30,32-34,37H,7-8,11-12,18-21,23-24H2,1-4H3,(H,46,58)(H,47,57)(H,48,56)(H,49,55)(H,59,60)(H,50,51,52,53)/t27?,30?,32?,33?,34?,37-/m0/s1. The van der Waals surface area contributed by atoms with Gasteiger partial charge in [-0.15, -0.1) is 10.2 Å². The Balaban J connectivity index is 0.986. The number of nitrogens with zero attached hydrogens (tertiary/aromatic N) is 5. The number of aromatic nitrogens is 5. The van der Waals surface area contributed by atoms with Crippen LogP contribution >= 0.6 is 0 Å². The number of nitrogens with one attached hydrogen (secondary N) is 5. The summed E-state index contributed by atoms with van der Waals surface area (Å²) in [6.07, 6.45) is 4.17. The van der Waals surface area contributed by atoms with Crippen molar-refractivity contribution in [1.29, 1.82) is 0 Å². The molecule has 1 aliphatic carbocycles. The number of fused-ring (bicyclic) bond motifs is 2. The molecule has 2 unspecified atom stereocenters. The molecule has 2 aromatic heterocycles. The molecule has 18 nitrogen and oxygen atoms in total. The Morgan fingerprint density at radius 1 is 0.952 bits per heavy atom. The van der Waals surface area contributed by atoms with Gasteiger partial charge in [-0.05, 0) is 124 Å². The number of morpholine rings is 1. The third-order valence-electron chi connectivity index (χ3n) is 11.7. The van der Waals surface area contributed by atoms with Gasteiger partial charge in [-0.25, -0.2) is 9.59 Å². The van der Waals surface area contributed by atoms with Crippen LogP contribution in [0.25, 0.3) is 22.5 Å². The van der Waals surface area contributed by atoms with E-state index >= 15 is 0 Å². The summed E-state index contributed by atoms with van der Waals surface area (Å²) >= 11 is 0. The monoisotopic (exact) mass is 850 g/mol. The number of aryl methyl sites for hydroxylation is 1. The molecule has 5 amide bonds. The van der Waals surface area contributed by atoms with Crippen LogP contribution in [0, 0.1) is 18.8 Å². The maximum Gasteiger partial charge on any atom is 0.407 e. The van der Waals surface area contributed by atoms with E-state index < -0.39 is 23.8 Å². The van der Waals surface area contributed by atoms with Gasteiger partial charge in [-0.2, -0.15) is 5.21 Å². The molecule has 2 bridgehead atoms. The Hall–Kier alpha value is -6.43. The number of amides is 5. The average molecular weight is 851 g/mol. The van der Waals surface area contributed by atoms with Gasteiger partial charge in [0.1, 0.15) is 17.3 Å². The number of tetrazole rings is 1. The van der Waals surface area contributed by atoms with E-state index in [1.54, 1.807) is 36.5 Å². The molecule has 6 N–H and O–H groups in total. The van der Waals surface area contributed by atoms with Crippen LogP contribution in [0.4, 0.5) is 15.3 Å². The van der Waals surface area contributed by atoms with E-state index in [0.29, 0.717) is 57.0 Å². The summed E-state index contributed by atoms with van der Waals surface area (Å²) in [4.78, 5) is 70.8. The molecule has 18 heteroatoms. The number of piperidine rings is 1. The van der Waals surface area contributed by atoms with Crippen LogP contribution in [0.2, 0.25) is 0 Å². The first-order chi connectivity index (χ1) is 29.7. The molecule has 0 spiro atoms. The van der Waals surface area contributed by atoms with Crippen molar-refractivity contribution in [2.75, 3.05) is 25.1 Å². The predicted molar refractivity (Wildman–Crippen MR) is 227 cm³/mol. The van der Waals surface area contributed by atoms with Crippen molar-refractivity contribution >= 4 is 35.6 Å². The quantitative estimate of drug-likeness (QED) is 0.112. The number of ether oxygens (including phenoxy) is 2. The Morgan fingerprint density at radius 2 is 1.63 bits per heavy atom. The molecule has 2 aromatic carbocycles. The third-order valence-corrected chi connectivity index (χ3v) is 11.7. The first-order valence-corrected chi connectivity index (χ1v) is 21.1. The number of benzene rings is 2. The molecule has 3 atom stereocenters. The second-order valence-electron chi connectivity index (χ2n) is 17.4. The molecule has 4 aromatic rings. The molecular formula is C44H54N10O8. The lowest BCUT2D eigenvalue weighted by Gasteiger charge is -2.46. The van der Waals surface area contributed by atoms with E-state index in [1.165, 1.54) is 4.90 Å². The van der Waals surface area contributed by atoms with Crippen LogP contribution < -0.4 is 21.3 Å². The molecule has 1 saturated carbocycles. The zero-order valence-corrected chi connectivity index (χ0v) is 35.3. The number of carbonyl (C=O) groups is 5.